The zero-order valence-corrected chi connectivity index (χ0v) is 15.0. The number of rotatable bonds is 14. The highest BCUT2D eigenvalue weighted by atomic mass is 16.5. The molecule has 0 fully saturated rings. The number of likely N-dealkylation sites (N-methyl/N-ethyl adjacent to an activating group) is 2. The molecule has 0 spiro atoms. The summed E-state index contributed by atoms with van der Waals surface area (Å²) >= 11 is 0. The lowest BCUT2D eigenvalue weighted by molar-refractivity contribution is 0.0798. The molecule has 1 unspecified atom stereocenters. The van der Waals surface area contributed by atoms with Crippen molar-refractivity contribution in [1.82, 2.24) is 9.80 Å². The molecule has 0 aliphatic carbocycles. The summed E-state index contributed by atoms with van der Waals surface area (Å²) in [5, 5.41) is 8.97. The number of aliphatic hydroxyl groups is 1. The van der Waals surface area contributed by atoms with Crippen molar-refractivity contribution in [3.63, 3.8) is 0 Å². The molecule has 0 saturated heterocycles. The standard InChI is InChI=1S/C17H38N2O2/c1-6-19(11-13-20)10-8-17(4)15-21-14-12-18(5)9-7-16(2)3/h16-17,20H,6-15H2,1-5H3. The van der Waals surface area contributed by atoms with E-state index in [-0.39, 0.29) is 6.61 Å². The first kappa shape index (κ1) is 20.8. The molecular formula is C17H38N2O2. The van der Waals surface area contributed by atoms with Gasteiger partial charge in [-0.05, 0) is 51.4 Å². The molecule has 0 radical (unpaired) electrons. The first-order valence-electron chi connectivity index (χ1n) is 8.59. The van der Waals surface area contributed by atoms with Crippen LogP contribution in [-0.4, -0.2) is 74.5 Å². The summed E-state index contributed by atoms with van der Waals surface area (Å²) in [7, 11) is 2.17. The Morgan fingerprint density at radius 1 is 1.00 bits per heavy atom. The van der Waals surface area contributed by atoms with Gasteiger partial charge in [-0.25, -0.2) is 0 Å². The number of nitrogens with zero attached hydrogens (tertiary/aromatic N) is 2. The van der Waals surface area contributed by atoms with Crippen LogP contribution in [0.3, 0.4) is 0 Å². The van der Waals surface area contributed by atoms with Gasteiger partial charge in [-0.1, -0.05) is 27.7 Å². The number of ether oxygens (including phenoxy) is 1. The van der Waals surface area contributed by atoms with Crippen molar-refractivity contribution in [3.8, 4) is 0 Å². The van der Waals surface area contributed by atoms with Crippen LogP contribution >= 0.6 is 0 Å². The minimum absolute atomic E-state index is 0.251. The SMILES string of the molecule is CCN(CCO)CCC(C)COCCN(C)CCC(C)C. The lowest BCUT2D eigenvalue weighted by Gasteiger charge is -2.22. The van der Waals surface area contributed by atoms with Crippen LogP contribution in [0.2, 0.25) is 0 Å². The minimum atomic E-state index is 0.251. The Hall–Kier alpha value is -0.160. The van der Waals surface area contributed by atoms with Gasteiger partial charge in [-0.3, -0.25) is 0 Å². The lowest BCUT2D eigenvalue weighted by Crippen LogP contribution is -2.29. The minimum Gasteiger partial charge on any atom is -0.395 e. The molecule has 0 aromatic carbocycles. The van der Waals surface area contributed by atoms with Gasteiger partial charge in [0.25, 0.3) is 0 Å². The Kier molecular flexibility index (Phi) is 13.4. The molecule has 128 valence electrons. The first-order chi connectivity index (χ1) is 9.99. The average molecular weight is 303 g/mol. The zero-order chi connectivity index (χ0) is 16.1. The van der Waals surface area contributed by atoms with Gasteiger partial charge in [0.15, 0.2) is 0 Å². The van der Waals surface area contributed by atoms with E-state index in [2.05, 4.69) is 44.5 Å². The second-order valence-corrected chi connectivity index (χ2v) is 6.61. The fourth-order valence-electron chi connectivity index (χ4n) is 2.15. The van der Waals surface area contributed by atoms with Crippen LogP contribution in [0.25, 0.3) is 0 Å². The maximum absolute atomic E-state index is 8.97. The second kappa shape index (κ2) is 13.5. The van der Waals surface area contributed by atoms with E-state index in [0.717, 1.165) is 58.3 Å². The van der Waals surface area contributed by atoms with Crippen LogP contribution < -0.4 is 0 Å². The van der Waals surface area contributed by atoms with Gasteiger partial charge in [-0.15, -0.1) is 0 Å². The summed E-state index contributed by atoms with van der Waals surface area (Å²) in [5.41, 5.74) is 0. The normalized spacial score (nSPS) is 13.6. The molecular weight excluding hydrogens is 264 g/mol. The van der Waals surface area contributed by atoms with Crippen molar-refractivity contribution in [2.24, 2.45) is 11.8 Å². The largest absolute Gasteiger partial charge is 0.395 e. The van der Waals surface area contributed by atoms with Gasteiger partial charge < -0.3 is 19.6 Å². The summed E-state index contributed by atoms with van der Waals surface area (Å²) in [6.07, 6.45) is 2.39. The van der Waals surface area contributed by atoms with Crippen LogP contribution in [0.4, 0.5) is 0 Å². The van der Waals surface area contributed by atoms with Crippen LogP contribution in [0.1, 0.15) is 40.5 Å². The third-order valence-corrected chi connectivity index (χ3v) is 3.91. The van der Waals surface area contributed by atoms with Crippen LogP contribution in [0, 0.1) is 11.8 Å². The van der Waals surface area contributed by atoms with Gasteiger partial charge in [0, 0.05) is 19.7 Å². The topological polar surface area (TPSA) is 35.9 Å². The Morgan fingerprint density at radius 2 is 1.71 bits per heavy atom. The molecule has 0 aliphatic rings. The molecule has 4 nitrogen and oxygen atoms in total. The van der Waals surface area contributed by atoms with Crippen LogP contribution in [-0.2, 0) is 4.74 Å². The van der Waals surface area contributed by atoms with Gasteiger partial charge in [0.2, 0.25) is 0 Å². The molecule has 1 atom stereocenters. The third-order valence-electron chi connectivity index (χ3n) is 3.91. The molecule has 0 bridgehead atoms. The molecule has 4 heteroatoms. The molecule has 0 heterocycles. The quantitative estimate of drug-likeness (QED) is 0.500. The van der Waals surface area contributed by atoms with Gasteiger partial charge in [0.1, 0.15) is 0 Å². The van der Waals surface area contributed by atoms with Gasteiger partial charge >= 0.3 is 0 Å². The molecule has 0 aliphatic heterocycles. The van der Waals surface area contributed by atoms with E-state index in [9.17, 15) is 0 Å². The molecule has 0 aromatic heterocycles. The van der Waals surface area contributed by atoms with Crippen LogP contribution in [0.5, 0.6) is 0 Å². The highest BCUT2D eigenvalue weighted by Crippen LogP contribution is 2.05. The summed E-state index contributed by atoms with van der Waals surface area (Å²) in [5.74, 6) is 1.35. The molecule has 0 amide bonds. The number of aliphatic hydroxyl groups excluding tert-OH is 1. The molecule has 21 heavy (non-hydrogen) atoms. The van der Waals surface area contributed by atoms with E-state index in [0.29, 0.717) is 5.92 Å². The monoisotopic (exact) mass is 302 g/mol. The Morgan fingerprint density at radius 3 is 2.29 bits per heavy atom. The van der Waals surface area contributed by atoms with Crippen molar-refractivity contribution in [1.29, 1.82) is 0 Å². The van der Waals surface area contributed by atoms with Gasteiger partial charge in [0.05, 0.1) is 13.2 Å². The maximum atomic E-state index is 8.97. The molecule has 0 saturated carbocycles. The summed E-state index contributed by atoms with van der Waals surface area (Å²) in [6, 6.07) is 0. The first-order valence-corrected chi connectivity index (χ1v) is 8.59. The second-order valence-electron chi connectivity index (χ2n) is 6.61. The lowest BCUT2D eigenvalue weighted by atomic mass is 10.1. The fourth-order valence-corrected chi connectivity index (χ4v) is 2.15. The molecule has 0 rings (SSSR count). The Bertz CT molecular complexity index is 225. The predicted molar refractivity (Wildman–Crippen MR) is 90.8 cm³/mol. The van der Waals surface area contributed by atoms with E-state index >= 15 is 0 Å². The smallest absolute Gasteiger partial charge is 0.0593 e. The van der Waals surface area contributed by atoms with Crippen molar-refractivity contribution >= 4 is 0 Å². The third kappa shape index (κ3) is 13.2. The van der Waals surface area contributed by atoms with E-state index in [1.165, 1.54) is 6.42 Å². The van der Waals surface area contributed by atoms with Crippen molar-refractivity contribution in [3.05, 3.63) is 0 Å². The van der Waals surface area contributed by atoms with Gasteiger partial charge in [-0.2, -0.15) is 0 Å². The zero-order valence-electron chi connectivity index (χ0n) is 15.0. The molecule has 0 aromatic rings. The van der Waals surface area contributed by atoms with Crippen molar-refractivity contribution < 1.29 is 9.84 Å². The Labute approximate surface area is 132 Å². The van der Waals surface area contributed by atoms with E-state index in [1.807, 2.05) is 0 Å². The highest BCUT2D eigenvalue weighted by molar-refractivity contribution is 4.60. The number of hydrogen-bond donors (Lipinski definition) is 1. The highest BCUT2D eigenvalue weighted by Gasteiger charge is 2.07. The van der Waals surface area contributed by atoms with E-state index < -0.39 is 0 Å². The van der Waals surface area contributed by atoms with E-state index in [1.54, 1.807) is 0 Å². The number of hydrogen-bond acceptors (Lipinski definition) is 4. The van der Waals surface area contributed by atoms with Crippen molar-refractivity contribution in [2.45, 2.75) is 40.5 Å². The summed E-state index contributed by atoms with van der Waals surface area (Å²) in [4.78, 5) is 4.64. The predicted octanol–water partition coefficient (Wildman–Crippen LogP) is 2.32. The fraction of sp³-hybridized carbons (Fsp3) is 1.00. The molecule has 1 N–H and O–H groups in total. The average Bonchev–Trinajstić information content (AvgIpc) is 2.45. The Balaban J connectivity index is 3.54. The summed E-state index contributed by atoms with van der Waals surface area (Å²) in [6.45, 7) is 15.9. The van der Waals surface area contributed by atoms with E-state index in [4.69, 9.17) is 9.84 Å². The van der Waals surface area contributed by atoms with Crippen LogP contribution in [0.15, 0.2) is 0 Å². The van der Waals surface area contributed by atoms with Crippen molar-refractivity contribution in [2.75, 3.05) is 59.6 Å². The summed E-state index contributed by atoms with van der Waals surface area (Å²) < 4.78 is 5.79. The maximum Gasteiger partial charge on any atom is 0.0593 e.